The van der Waals surface area contributed by atoms with Gasteiger partial charge >= 0.3 is 16.2 Å². The van der Waals surface area contributed by atoms with Gasteiger partial charge in [0.2, 0.25) is 0 Å². The molecule has 6 nitrogen and oxygen atoms in total. The maximum Gasteiger partial charge on any atom is 0.305 e. The van der Waals surface area contributed by atoms with E-state index in [9.17, 15) is 13.2 Å². The SMILES string of the molecule is O=C(O)C[C@@H]1Cc2ccccc2N1S(=O)(=O)N1C[C@H]2CC[C@H]2C1. The molecule has 0 radical (unpaired) electrons. The van der Waals surface area contributed by atoms with Gasteiger partial charge in [-0.05, 0) is 42.7 Å². The molecule has 2 fully saturated rings. The molecule has 2 aliphatic heterocycles. The molecule has 1 saturated heterocycles. The molecule has 3 aliphatic rings. The molecule has 0 spiro atoms. The van der Waals surface area contributed by atoms with Gasteiger partial charge in [0.15, 0.2) is 0 Å². The van der Waals surface area contributed by atoms with Crippen LogP contribution in [0.25, 0.3) is 0 Å². The summed E-state index contributed by atoms with van der Waals surface area (Å²) in [5.41, 5.74) is 1.54. The molecular weight excluding hydrogens is 316 g/mol. The monoisotopic (exact) mass is 336 g/mol. The maximum absolute atomic E-state index is 13.2. The summed E-state index contributed by atoms with van der Waals surface area (Å²) in [7, 11) is -3.67. The Bertz CT molecular complexity index is 736. The van der Waals surface area contributed by atoms with E-state index < -0.39 is 22.2 Å². The first-order valence-corrected chi connectivity index (χ1v) is 9.45. The molecule has 23 heavy (non-hydrogen) atoms. The van der Waals surface area contributed by atoms with E-state index in [1.54, 1.807) is 16.4 Å². The Morgan fingerprint density at radius 2 is 1.83 bits per heavy atom. The van der Waals surface area contributed by atoms with Crippen LogP contribution in [-0.2, 0) is 21.4 Å². The second-order valence-electron chi connectivity index (χ2n) is 6.80. The van der Waals surface area contributed by atoms with Gasteiger partial charge in [0.05, 0.1) is 18.2 Å². The van der Waals surface area contributed by atoms with E-state index in [-0.39, 0.29) is 6.42 Å². The van der Waals surface area contributed by atoms with Gasteiger partial charge in [-0.2, -0.15) is 12.7 Å². The topological polar surface area (TPSA) is 77.9 Å². The van der Waals surface area contributed by atoms with Crippen molar-refractivity contribution in [3.05, 3.63) is 29.8 Å². The molecule has 4 rings (SSSR count). The molecule has 1 aromatic carbocycles. The van der Waals surface area contributed by atoms with Crippen LogP contribution in [0.2, 0.25) is 0 Å². The van der Waals surface area contributed by atoms with Gasteiger partial charge in [0, 0.05) is 13.1 Å². The van der Waals surface area contributed by atoms with E-state index in [0.29, 0.717) is 37.0 Å². The highest BCUT2D eigenvalue weighted by Gasteiger charge is 2.48. The number of carboxylic acids is 1. The Morgan fingerprint density at radius 1 is 1.17 bits per heavy atom. The van der Waals surface area contributed by atoms with Gasteiger partial charge in [-0.3, -0.25) is 9.10 Å². The van der Waals surface area contributed by atoms with Crippen LogP contribution < -0.4 is 4.31 Å². The summed E-state index contributed by atoms with van der Waals surface area (Å²) >= 11 is 0. The molecule has 2 heterocycles. The fourth-order valence-electron chi connectivity index (χ4n) is 4.13. The zero-order valence-electron chi connectivity index (χ0n) is 12.8. The van der Waals surface area contributed by atoms with E-state index >= 15 is 0 Å². The van der Waals surface area contributed by atoms with Crippen LogP contribution in [0.1, 0.15) is 24.8 Å². The summed E-state index contributed by atoms with van der Waals surface area (Å²) in [6, 6.07) is 6.79. The number of fused-ring (bicyclic) bond motifs is 2. The van der Waals surface area contributed by atoms with Crippen LogP contribution in [-0.4, -0.2) is 42.9 Å². The second-order valence-corrected chi connectivity index (χ2v) is 8.61. The lowest BCUT2D eigenvalue weighted by Gasteiger charge is -2.30. The van der Waals surface area contributed by atoms with Gasteiger partial charge < -0.3 is 5.11 Å². The van der Waals surface area contributed by atoms with E-state index in [2.05, 4.69) is 0 Å². The number of aliphatic carboxylic acids is 1. The summed E-state index contributed by atoms with van der Waals surface area (Å²) in [6.07, 6.45) is 2.49. The van der Waals surface area contributed by atoms with Crippen LogP contribution >= 0.6 is 0 Å². The quantitative estimate of drug-likeness (QED) is 0.903. The number of carboxylic acid groups (broad SMARTS) is 1. The van der Waals surface area contributed by atoms with E-state index in [4.69, 9.17) is 5.11 Å². The smallest absolute Gasteiger partial charge is 0.305 e. The van der Waals surface area contributed by atoms with Gasteiger partial charge in [-0.1, -0.05) is 18.2 Å². The van der Waals surface area contributed by atoms with Crippen molar-refractivity contribution in [3.63, 3.8) is 0 Å². The van der Waals surface area contributed by atoms with Gasteiger partial charge in [0.1, 0.15) is 0 Å². The third kappa shape index (κ3) is 2.33. The molecule has 0 amide bonds. The fraction of sp³-hybridized carbons (Fsp3) is 0.562. The fourth-order valence-corrected chi connectivity index (χ4v) is 6.09. The lowest BCUT2D eigenvalue weighted by Crippen LogP contribution is -2.47. The van der Waals surface area contributed by atoms with Gasteiger partial charge in [-0.15, -0.1) is 0 Å². The lowest BCUT2D eigenvalue weighted by molar-refractivity contribution is -0.137. The summed E-state index contributed by atoms with van der Waals surface area (Å²) in [4.78, 5) is 11.2. The van der Waals surface area contributed by atoms with Crippen LogP contribution in [0, 0.1) is 11.8 Å². The Labute approximate surface area is 135 Å². The third-order valence-electron chi connectivity index (χ3n) is 5.45. The van der Waals surface area contributed by atoms with Crippen molar-refractivity contribution in [2.75, 3.05) is 17.4 Å². The van der Waals surface area contributed by atoms with Gasteiger partial charge in [0.25, 0.3) is 0 Å². The molecule has 124 valence electrons. The highest BCUT2D eigenvalue weighted by atomic mass is 32.2. The predicted molar refractivity (Wildman–Crippen MR) is 85.4 cm³/mol. The third-order valence-corrected chi connectivity index (χ3v) is 7.40. The number of rotatable bonds is 4. The van der Waals surface area contributed by atoms with E-state index in [1.807, 2.05) is 12.1 Å². The minimum atomic E-state index is -3.67. The zero-order valence-corrected chi connectivity index (χ0v) is 13.6. The average Bonchev–Trinajstić information content (AvgIpc) is 2.96. The molecular formula is C16H20N2O4S. The molecule has 0 aromatic heterocycles. The number of para-hydroxylation sites is 1. The van der Waals surface area contributed by atoms with Crippen molar-refractivity contribution < 1.29 is 18.3 Å². The summed E-state index contributed by atoms with van der Waals surface area (Å²) < 4.78 is 29.3. The number of carbonyl (C=O) groups is 1. The highest BCUT2D eigenvalue weighted by molar-refractivity contribution is 7.90. The maximum atomic E-state index is 13.2. The largest absolute Gasteiger partial charge is 0.481 e. The number of nitrogens with zero attached hydrogens (tertiary/aromatic N) is 2. The molecule has 1 aromatic rings. The van der Waals surface area contributed by atoms with Crippen molar-refractivity contribution in [1.29, 1.82) is 0 Å². The molecule has 1 aliphatic carbocycles. The van der Waals surface area contributed by atoms with Crippen molar-refractivity contribution in [3.8, 4) is 0 Å². The molecule has 7 heteroatoms. The first-order chi connectivity index (χ1) is 11.0. The lowest BCUT2D eigenvalue weighted by atomic mass is 9.77. The Balaban J connectivity index is 1.69. The molecule has 1 N–H and O–H groups in total. The van der Waals surface area contributed by atoms with E-state index in [0.717, 1.165) is 18.4 Å². The van der Waals surface area contributed by atoms with Crippen LogP contribution in [0.15, 0.2) is 24.3 Å². The first kappa shape index (κ1) is 15.0. The summed E-state index contributed by atoms with van der Waals surface area (Å²) in [5.74, 6) is 0.00517. The summed E-state index contributed by atoms with van der Waals surface area (Å²) in [6.45, 7) is 1.15. The first-order valence-electron chi connectivity index (χ1n) is 8.06. The van der Waals surface area contributed by atoms with Crippen LogP contribution in [0.4, 0.5) is 5.69 Å². The molecule has 1 saturated carbocycles. The molecule has 0 bridgehead atoms. The van der Waals surface area contributed by atoms with Crippen LogP contribution in [0.3, 0.4) is 0 Å². The van der Waals surface area contributed by atoms with Crippen LogP contribution in [0.5, 0.6) is 0 Å². The van der Waals surface area contributed by atoms with E-state index in [1.165, 1.54) is 4.31 Å². The van der Waals surface area contributed by atoms with Crippen molar-refractivity contribution >= 4 is 21.9 Å². The number of hydrogen-bond donors (Lipinski definition) is 1. The normalized spacial score (nSPS) is 29.9. The number of benzene rings is 1. The standard InChI is InChI=1S/C16H20N2O4S/c19-16(20)8-14-7-11-3-1-2-4-15(11)18(14)23(21,22)17-9-12-5-6-13(12)10-17/h1-4,12-14H,5-10H2,(H,19,20)/t12-,13+,14-/m0/s1. The van der Waals surface area contributed by atoms with Gasteiger partial charge in [-0.25, -0.2) is 0 Å². The number of hydrogen-bond acceptors (Lipinski definition) is 3. The summed E-state index contributed by atoms with van der Waals surface area (Å²) in [5, 5.41) is 9.16. The molecule has 3 atom stereocenters. The predicted octanol–water partition coefficient (Wildman–Crippen LogP) is 1.48. The Hall–Kier alpha value is -1.60. The molecule has 0 unspecified atom stereocenters. The minimum Gasteiger partial charge on any atom is -0.481 e. The average molecular weight is 336 g/mol. The second kappa shape index (κ2) is 5.21. The Morgan fingerprint density at radius 3 is 2.43 bits per heavy atom. The highest BCUT2D eigenvalue weighted by Crippen LogP contribution is 2.44. The van der Waals surface area contributed by atoms with Crippen molar-refractivity contribution in [2.45, 2.75) is 31.7 Å². The Kier molecular flexibility index (Phi) is 3.39. The van der Waals surface area contributed by atoms with Crippen molar-refractivity contribution in [2.24, 2.45) is 11.8 Å². The zero-order chi connectivity index (χ0) is 16.2. The van der Waals surface area contributed by atoms with Crippen molar-refractivity contribution in [1.82, 2.24) is 4.31 Å². The minimum absolute atomic E-state index is 0.172. The number of anilines is 1.